The van der Waals surface area contributed by atoms with E-state index in [2.05, 4.69) is 25.6 Å². The summed E-state index contributed by atoms with van der Waals surface area (Å²) in [4.78, 5) is 43.0. The first-order valence-electron chi connectivity index (χ1n) is 14.6. The van der Waals surface area contributed by atoms with Crippen molar-refractivity contribution in [3.63, 3.8) is 0 Å². The minimum Gasteiger partial charge on any atom is -0.481 e. The van der Waals surface area contributed by atoms with Gasteiger partial charge in [-0.25, -0.2) is 23.7 Å². The van der Waals surface area contributed by atoms with E-state index in [0.29, 0.717) is 32.3 Å². The summed E-state index contributed by atoms with van der Waals surface area (Å²) in [6.45, 7) is 7.18. The highest BCUT2D eigenvalue weighted by Gasteiger charge is 2.41. The largest absolute Gasteiger partial charge is 0.481 e. The van der Waals surface area contributed by atoms with Gasteiger partial charge in [-0.1, -0.05) is 30.3 Å². The second-order valence-electron chi connectivity index (χ2n) is 11.3. The molecule has 3 aromatic rings. The number of carbonyl (C=O) groups is 2. The molecule has 0 aliphatic carbocycles. The van der Waals surface area contributed by atoms with Gasteiger partial charge in [0.25, 0.3) is 5.91 Å². The van der Waals surface area contributed by atoms with Gasteiger partial charge < -0.3 is 29.7 Å². The van der Waals surface area contributed by atoms with Crippen LogP contribution < -0.4 is 15.4 Å². The molecule has 2 atom stereocenters. The predicted molar refractivity (Wildman–Crippen MR) is 165 cm³/mol. The summed E-state index contributed by atoms with van der Waals surface area (Å²) in [6.07, 6.45) is 3.39. The molecule has 2 N–H and O–H groups in total. The van der Waals surface area contributed by atoms with Crippen LogP contribution in [0.5, 0.6) is 11.6 Å². The van der Waals surface area contributed by atoms with E-state index in [9.17, 15) is 18.4 Å². The Kier molecular flexibility index (Phi) is 9.87. The van der Waals surface area contributed by atoms with E-state index in [1.165, 1.54) is 25.7 Å². The highest BCUT2D eigenvalue weighted by atomic mass is 19.1. The molecule has 0 spiro atoms. The first-order valence-corrected chi connectivity index (χ1v) is 14.6. The van der Waals surface area contributed by atoms with Crippen molar-refractivity contribution >= 4 is 23.5 Å². The topological polar surface area (TPSA) is 131 Å². The highest BCUT2D eigenvalue weighted by Crippen LogP contribution is 2.27. The van der Waals surface area contributed by atoms with Crippen LogP contribution in [0.15, 0.2) is 77.8 Å². The van der Waals surface area contributed by atoms with Gasteiger partial charge in [0.05, 0.1) is 37.7 Å². The molecule has 1 unspecified atom stereocenters. The van der Waals surface area contributed by atoms with Crippen molar-refractivity contribution in [1.29, 1.82) is 0 Å². The Hall–Kier alpha value is -4.95. The van der Waals surface area contributed by atoms with E-state index in [0.717, 1.165) is 17.7 Å². The number of nitrogens with zero attached hydrogens (tertiary/aromatic N) is 5. The molecule has 1 fully saturated rings. The Morgan fingerprint density at radius 3 is 2.57 bits per heavy atom. The highest BCUT2D eigenvalue weighted by molar-refractivity contribution is 5.98. The third kappa shape index (κ3) is 7.64. The van der Waals surface area contributed by atoms with Crippen LogP contribution in [0.1, 0.15) is 26.3 Å². The average molecular weight is 636 g/mol. The summed E-state index contributed by atoms with van der Waals surface area (Å²) in [7, 11) is 1.48. The molecule has 0 bridgehead atoms. The zero-order chi connectivity index (χ0) is 32.8. The predicted octanol–water partition coefficient (Wildman–Crippen LogP) is 3.83. The Morgan fingerprint density at radius 2 is 1.89 bits per heavy atom. The molecule has 3 heterocycles. The molecule has 1 saturated heterocycles. The molecular formula is C32H35F2N7O5. The van der Waals surface area contributed by atoms with E-state index in [1.54, 1.807) is 11.8 Å². The zero-order valence-electron chi connectivity index (χ0n) is 25.9. The van der Waals surface area contributed by atoms with Crippen LogP contribution in [0.3, 0.4) is 0 Å². The van der Waals surface area contributed by atoms with Gasteiger partial charge in [-0.05, 0) is 38.5 Å². The van der Waals surface area contributed by atoms with Crippen molar-refractivity contribution < 1.29 is 32.6 Å². The maximum absolute atomic E-state index is 13.9. The summed E-state index contributed by atoms with van der Waals surface area (Å²) >= 11 is 0. The maximum Gasteiger partial charge on any atom is 0.274 e. The molecule has 2 aliphatic rings. The average Bonchev–Trinajstić information content (AvgIpc) is 3.05. The monoisotopic (exact) mass is 635 g/mol. The number of amides is 2. The van der Waals surface area contributed by atoms with Gasteiger partial charge in [-0.2, -0.15) is 0 Å². The number of aromatic nitrogens is 2. The Morgan fingerprint density at radius 1 is 1.11 bits per heavy atom. The fourth-order valence-electron chi connectivity index (χ4n) is 5.11. The zero-order valence-corrected chi connectivity index (χ0v) is 25.9. The molecule has 12 nitrogen and oxygen atoms in total. The molecule has 2 aromatic carbocycles. The lowest BCUT2D eigenvalue weighted by atomic mass is 9.96. The quantitative estimate of drug-likeness (QED) is 0.360. The van der Waals surface area contributed by atoms with Crippen LogP contribution in [0.25, 0.3) is 0 Å². The SMILES string of the molecule is COC1=NC(C(=O)N2CCN([C@@H](C)C(=O)Nc3cnc(Oc4ccc(F)cc4F)cn3)CC2(C)C)=CNC1OCc1ccccc1. The number of anilines is 1. The number of carbonyl (C=O) groups excluding carboxylic acids is 2. The van der Waals surface area contributed by atoms with E-state index < -0.39 is 29.4 Å². The van der Waals surface area contributed by atoms with E-state index in [4.69, 9.17) is 14.2 Å². The van der Waals surface area contributed by atoms with Gasteiger partial charge in [0, 0.05) is 31.9 Å². The Bertz CT molecular complexity index is 1620. The number of hydrogen-bond donors (Lipinski definition) is 2. The number of piperazine rings is 1. The van der Waals surface area contributed by atoms with Gasteiger partial charge in [0.1, 0.15) is 11.5 Å². The standard InChI is InChI=1S/C32H35F2N7O5/c1-20(28(42)39-26-16-36-27(17-35-26)46-25-11-10-22(33)14-23(25)34)40-12-13-41(32(2,3)19-40)31(43)24-15-37-29(30(38-24)44-4)45-18-21-8-6-5-7-9-21/h5-11,14-17,20,29,37H,12-13,18-19H2,1-4H3,(H,35,39,42)/t20-,29?/m0/s1. The summed E-state index contributed by atoms with van der Waals surface area (Å²) in [5.41, 5.74) is 0.546. The number of hydrogen-bond acceptors (Lipinski definition) is 10. The molecule has 1 aromatic heterocycles. The minimum atomic E-state index is -0.880. The maximum atomic E-state index is 13.9. The lowest BCUT2D eigenvalue weighted by molar-refractivity contribution is -0.138. The number of rotatable bonds is 9. The van der Waals surface area contributed by atoms with Crippen LogP contribution in [0.4, 0.5) is 14.6 Å². The number of halogens is 2. The van der Waals surface area contributed by atoms with Crippen molar-refractivity contribution in [3.05, 3.63) is 90.0 Å². The normalized spacial score (nSPS) is 18.5. The van der Waals surface area contributed by atoms with Crippen LogP contribution in [-0.2, 0) is 25.7 Å². The first-order chi connectivity index (χ1) is 22.0. The van der Waals surface area contributed by atoms with Crippen LogP contribution in [0, 0.1) is 11.6 Å². The van der Waals surface area contributed by atoms with Crippen LogP contribution in [-0.4, -0.2) is 82.0 Å². The molecule has 2 amide bonds. The van der Waals surface area contributed by atoms with Gasteiger partial charge in [0.2, 0.25) is 23.9 Å². The molecule has 5 rings (SSSR count). The van der Waals surface area contributed by atoms with Gasteiger partial charge >= 0.3 is 0 Å². The molecule has 14 heteroatoms. The fourth-order valence-corrected chi connectivity index (χ4v) is 5.11. The van der Waals surface area contributed by atoms with Crippen molar-refractivity contribution in [2.24, 2.45) is 4.99 Å². The van der Waals surface area contributed by atoms with Crippen molar-refractivity contribution in [3.8, 4) is 11.6 Å². The van der Waals surface area contributed by atoms with E-state index in [-0.39, 0.29) is 40.9 Å². The fraction of sp³-hybridized carbons (Fsp3) is 0.344. The number of aliphatic imine (C=N–C) groups is 1. The molecule has 0 saturated carbocycles. The lowest BCUT2D eigenvalue weighted by Gasteiger charge is -2.48. The summed E-state index contributed by atoms with van der Waals surface area (Å²) < 4.78 is 43.7. The number of nitrogens with one attached hydrogen (secondary N) is 2. The van der Waals surface area contributed by atoms with Gasteiger partial charge in [-0.3, -0.25) is 14.5 Å². The van der Waals surface area contributed by atoms with Crippen molar-refractivity contribution in [1.82, 2.24) is 25.1 Å². The lowest BCUT2D eigenvalue weighted by Crippen LogP contribution is -2.64. The van der Waals surface area contributed by atoms with Crippen LogP contribution >= 0.6 is 0 Å². The Labute approximate surface area is 265 Å². The van der Waals surface area contributed by atoms with E-state index in [1.807, 2.05) is 49.1 Å². The Balaban J connectivity index is 1.15. The minimum absolute atomic E-state index is 0.0282. The molecule has 46 heavy (non-hydrogen) atoms. The third-order valence-corrected chi connectivity index (χ3v) is 7.61. The summed E-state index contributed by atoms with van der Waals surface area (Å²) in [5.74, 6) is -2.02. The smallest absolute Gasteiger partial charge is 0.274 e. The number of ether oxygens (including phenoxy) is 3. The molecule has 2 aliphatic heterocycles. The molecule has 242 valence electrons. The second-order valence-corrected chi connectivity index (χ2v) is 11.3. The van der Waals surface area contributed by atoms with Gasteiger partial charge in [0.15, 0.2) is 17.4 Å². The third-order valence-electron chi connectivity index (χ3n) is 7.61. The molecular weight excluding hydrogens is 600 g/mol. The van der Waals surface area contributed by atoms with Gasteiger partial charge in [-0.15, -0.1) is 0 Å². The van der Waals surface area contributed by atoms with Crippen molar-refractivity contribution in [2.75, 3.05) is 32.1 Å². The number of benzene rings is 2. The summed E-state index contributed by atoms with van der Waals surface area (Å²) in [6, 6.07) is 12.0. The van der Waals surface area contributed by atoms with Crippen LogP contribution in [0.2, 0.25) is 0 Å². The second kappa shape index (κ2) is 14.0. The number of methoxy groups -OCH3 is 1. The van der Waals surface area contributed by atoms with E-state index >= 15 is 0 Å². The summed E-state index contributed by atoms with van der Waals surface area (Å²) in [5, 5.41) is 5.80. The molecule has 0 radical (unpaired) electrons. The first kappa shape index (κ1) is 32.4. The van der Waals surface area contributed by atoms with Crippen molar-refractivity contribution in [2.45, 2.75) is 45.2 Å².